The van der Waals surface area contributed by atoms with Crippen LogP contribution in [-0.4, -0.2) is 23.5 Å². The van der Waals surface area contributed by atoms with Crippen LogP contribution < -0.4 is 5.32 Å². The fourth-order valence-electron chi connectivity index (χ4n) is 0.976. The third-order valence-corrected chi connectivity index (χ3v) is 1.84. The molecule has 2 N–H and O–H groups in total. The van der Waals surface area contributed by atoms with E-state index in [2.05, 4.69) is 19.2 Å². The quantitative estimate of drug-likeness (QED) is 0.612. The molecule has 4 heteroatoms. The van der Waals surface area contributed by atoms with Gasteiger partial charge < -0.3 is 10.4 Å². The lowest BCUT2D eigenvalue weighted by molar-refractivity contribution is -0.137. The van der Waals surface area contributed by atoms with E-state index >= 15 is 0 Å². The zero-order valence-electron chi connectivity index (χ0n) is 8.88. The van der Waals surface area contributed by atoms with Gasteiger partial charge in [-0.05, 0) is 18.8 Å². The molecule has 0 unspecified atom stereocenters. The molecule has 82 valence electrons. The van der Waals surface area contributed by atoms with Gasteiger partial charge in [0.25, 0.3) is 0 Å². The molecule has 0 saturated heterocycles. The highest BCUT2D eigenvalue weighted by atomic mass is 16.4. The van der Waals surface area contributed by atoms with E-state index in [1.165, 1.54) is 0 Å². The van der Waals surface area contributed by atoms with Crippen LogP contribution in [0, 0.1) is 5.92 Å². The van der Waals surface area contributed by atoms with Gasteiger partial charge in [-0.25, -0.2) is 0 Å². The van der Waals surface area contributed by atoms with Crippen LogP contribution in [0.2, 0.25) is 0 Å². The Morgan fingerprint density at radius 2 is 1.93 bits per heavy atom. The van der Waals surface area contributed by atoms with Gasteiger partial charge in [0, 0.05) is 19.4 Å². The number of carboxylic acid groups (broad SMARTS) is 1. The Balaban J connectivity index is 3.31. The van der Waals surface area contributed by atoms with Crippen molar-refractivity contribution in [1.29, 1.82) is 0 Å². The highest BCUT2D eigenvalue weighted by Gasteiger charge is 2.03. The molecule has 0 aromatic rings. The number of carbonyl (C=O) groups is 2. The van der Waals surface area contributed by atoms with Crippen LogP contribution in [0.1, 0.15) is 39.5 Å². The van der Waals surface area contributed by atoms with Gasteiger partial charge in [-0.3, -0.25) is 9.59 Å². The summed E-state index contributed by atoms with van der Waals surface area (Å²) >= 11 is 0. The Labute approximate surface area is 84.7 Å². The average molecular weight is 201 g/mol. The molecule has 0 aliphatic carbocycles. The third-order valence-electron chi connectivity index (χ3n) is 1.84. The summed E-state index contributed by atoms with van der Waals surface area (Å²) in [5.74, 6) is -0.273. The van der Waals surface area contributed by atoms with Crippen molar-refractivity contribution in [2.75, 3.05) is 6.54 Å². The minimum Gasteiger partial charge on any atom is -0.481 e. The maximum absolute atomic E-state index is 11.1. The number of amides is 1. The number of aliphatic carboxylic acids is 1. The highest BCUT2D eigenvalue weighted by molar-refractivity contribution is 5.75. The normalized spacial score (nSPS) is 10.2. The number of carboxylic acids is 1. The van der Waals surface area contributed by atoms with E-state index in [1.807, 2.05) is 0 Å². The molecule has 0 aromatic carbocycles. The Hall–Kier alpha value is -1.06. The zero-order chi connectivity index (χ0) is 11.0. The summed E-state index contributed by atoms with van der Waals surface area (Å²) in [5, 5.41) is 11.0. The lowest BCUT2D eigenvalue weighted by Crippen LogP contribution is -2.24. The molecule has 1 amide bonds. The van der Waals surface area contributed by atoms with Gasteiger partial charge in [0.15, 0.2) is 0 Å². The van der Waals surface area contributed by atoms with Crippen LogP contribution in [-0.2, 0) is 9.59 Å². The van der Waals surface area contributed by atoms with E-state index in [9.17, 15) is 9.59 Å². The van der Waals surface area contributed by atoms with Crippen LogP contribution in [0.3, 0.4) is 0 Å². The maximum atomic E-state index is 11.1. The van der Waals surface area contributed by atoms with E-state index in [4.69, 9.17) is 5.11 Å². The lowest BCUT2D eigenvalue weighted by atomic mass is 10.1. The average Bonchev–Trinajstić information content (AvgIpc) is 2.08. The molecular formula is C10H19NO3. The van der Waals surface area contributed by atoms with Crippen LogP contribution in [0.15, 0.2) is 0 Å². The summed E-state index contributed by atoms with van der Waals surface area (Å²) in [6.07, 6.45) is 2.03. The Morgan fingerprint density at radius 1 is 1.29 bits per heavy atom. The first-order chi connectivity index (χ1) is 6.52. The molecule has 0 fully saturated rings. The monoisotopic (exact) mass is 201 g/mol. The number of carbonyl (C=O) groups excluding carboxylic acids is 1. The van der Waals surface area contributed by atoms with Crippen molar-refractivity contribution >= 4 is 11.9 Å². The molecule has 0 aromatic heterocycles. The summed E-state index contributed by atoms with van der Waals surface area (Å²) in [6, 6.07) is 0. The number of hydrogen-bond acceptors (Lipinski definition) is 2. The molecule has 0 rings (SSSR count). The van der Waals surface area contributed by atoms with Crippen molar-refractivity contribution in [3.05, 3.63) is 0 Å². The highest BCUT2D eigenvalue weighted by Crippen LogP contribution is 2.02. The summed E-state index contributed by atoms with van der Waals surface area (Å²) < 4.78 is 0. The first kappa shape index (κ1) is 12.9. The zero-order valence-corrected chi connectivity index (χ0v) is 8.88. The summed E-state index contributed by atoms with van der Waals surface area (Å²) in [7, 11) is 0. The second-order valence-corrected chi connectivity index (χ2v) is 3.78. The minimum absolute atomic E-state index is 0.0177. The van der Waals surface area contributed by atoms with Crippen molar-refractivity contribution in [2.24, 2.45) is 5.92 Å². The van der Waals surface area contributed by atoms with Crippen LogP contribution in [0.25, 0.3) is 0 Å². The topological polar surface area (TPSA) is 66.4 Å². The smallest absolute Gasteiger partial charge is 0.303 e. The molecule has 0 atom stereocenters. The second kappa shape index (κ2) is 7.35. The van der Waals surface area contributed by atoms with E-state index in [1.54, 1.807) is 0 Å². The fourth-order valence-corrected chi connectivity index (χ4v) is 0.976. The van der Waals surface area contributed by atoms with Crippen molar-refractivity contribution in [3.63, 3.8) is 0 Å². The van der Waals surface area contributed by atoms with Gasteiger partial charge in [-0.15, -0.1) is 0 Å². The predicted molar refractivity (Wildman–Crippen MR) is 54.0 cm³/mol. The summed E-state index contributed by atoms with van der Waals surface area (Å²) in [4.78, 5) is 21.3. The summed E-state index contributed by atoms with van der Waals surface area (Å²) in [6.45, 7) is 4.60. The van der Waals surface area contributed by atoms with E-state index in [-0.39, 0.29) is 12.3 Å². The Kier molecular flexibility index (Phi) is 6.80. The van der Waals surface area contributed by atoms with Crippen molar-refractivity contribution in [1.82, 2.24) is 5.32 Å². The van der Waals surface area contributed by atoms with Gasteiger partial charge in [0.2, 0.25) is 5.91 Å². The number of hydrogen-bond donors (Lipinski definition) is 2. The standard InChI is InChI=1S/C10H19NO3/c1-8(2)5-6-9(12)11-7-3-4-10(13)14/h8H,3-7H2,1-2H3,(H,11,12)(H,13,14). The molecule has 0 aliphatic rings. The first-order valence-corrected chi connectivity index (χ1v) is 5.01. The molecule has 4 nitrogen and oxygen atoms in total. The molecule has 0 bridgehead atoms. The summed E-state index contributed by atoms with van der Waals surface area (Å²) in [5.41, 5.74) is 0. The predicted octanol–water partition coefficient (Wildman–Crippen LogP) is 1.40. The minimum atomic E-state index is -0.818. The SMILES string of the molecule is CC(C)CCC(=O)NCCCC(=O)O. The van der Waals surface area contributed by atoms with E-state index < -0.39 is 5.97 Å². The van der Waals surface area contributed by atoms with Crippen LogP contribution in [0.5, 0.6) is 0 Å². The third kappa shape index (κ3) is 9.03. The Bertz CT molecular complexity index is 190. The van der Waals surface area contributed by atoms with Crippen LogP contribution in [0.4, 0.5) is 0 Å². The first-order valence-electron chi connectivity index (χ1n) is 5.01. The van der Waals surface area contributed by atoms with Gasteiger partial charge >= 0.3 is 5.97 Å². The lowest BCUT2D eigenvalue weighted by Gasteiger charge is -2.05. The van der Waals surface area contributed by atoms with Gasteiger partial charge in [-0.2, -0.15) is 0 Å². The molecule has 0 radical (unpaired) electrons. The molecular weight excluding hydrogens is 182 g/mol. The van der Waals surface area contributed by atoms with Crippen molar-refractivity contribution < 1.29 is 14.7 Å². The van der Waals surface area contributed by atoms with Gasteiger partial charge in [0.1, 0.15) is 0 Å². The second-order valence-electron chi connectivity index (χ2n) is 3.78. The molecule has 0 saturated carbocycles. The largest absolute Gasteiger partial charge is 0.481 e. The van der Waals surface area contributed by atoms with E-state index in [0.717, 1.165) is 6.42 Å². The number of rotatable bonds is 7. The molecule has 0 heterocycles. The van der Waals surface area contributed by atoms with Crippen LogP contribution >= 0.6 is 0 Å². The fraction of sp³-hybridized carbons (Fsp3) is 0.800. The molecule has 14 heavy (non-hydrogen) atoms. The number of nitrogens with one attached hydrogen (secondary N) is 1. The molecule has 0 aliphatic heterocycles. The maximum Gasteiger partial charge on any atom is 0.303 e. The van der Waals surface area contributed by atoms with Crippen molar-refractivity contribution in [2.45, 2.75) is 39.5 Å². The Morgan fingerprint density at radius 3 is 2.43 bits per heavy atom. The van der Waals surface area contributed by atoms with Gasteiger partial charge in [0.05, 0.1) is 0 Å². The van der Waals surface area contributed by atoms with Crippen molar-refractivity contribution in [3.8, 4) is 0 Å². The van der Waals surface area contributed by atoms with E-state index in [0.29, 0.717) is 25.3 Å². The molecule has 0 spiro atoms. The van der Waals surface area contributed by atoms with Gasteiger partial charge in [-0.1, -0.05) is 13.8 Å².